The molecule has 3 rings (SSSR count). The fourth-order valence-corrected chi connectivity index (χ4v) is 3.16. The predicted octanol–water partition coefficient (Wildman–Crippen LogP) is 2.36. The van der Waals surface area contributed by atoms with E-state index >= 15 is 0 Å². The lowest BCUT2D eigenvalue weighted by molar-refractivity contribution is -0.133. The first kappa shape index (κ1) is 14.1. The summed E-state index contributed by atoms with van der Waals surface area (Å²) < 4.78 is 13.2. The minimum Gasteiger partial charge on any atom is -0.361 e. The maximum atomic E-state index is 13.2. The number of aromatic nitrogens is 1. The van der Waals surface area contributed by atoms with Crippen molar-refractivity contribution in [3.63, 3.8) is 0 Å². The van der Waals surface area contributed by atoms with E-state index in [0.29, 0.717) is 5.92 Å². The minimum absolute atomic E-state index is 0.0226. The van der Waals surface area contributed by atoms with Gasteiger partial charge in [0.1, 0.15) is 5.82 Å². The number of rotatable bonds is 2. The van der Waals surface area contributed by atoms with E-state index in [1.165, 1.54) is 17.7 Å². The van der Waals surface area contributed by atoms with Crippen LogP contribution in [0.3, 0.4) is 0 Å². The lowest BCUT2D eigenvalue weighted by atomic mass is 9.89. The van der Waals surface area contributed by atoms with E-state index in [2.05, 4.69) is 4.98 Å². The Kier molecular flexibility index (Phi) is 3.68. The SMILES string of the molecule is CC(N)C(=O)N1CCC(c2c[nH]c3cc(F)ccc23)CC1. The lowest BCUT2D eigenvalue weighted by Gasteiger charge is -2.33. The van der Waals surface area contributed by atoms with E-state index in [4.69, 9.17) is 5.73 Å². The smallest absolute Gasteiger partial charge is 0.239 e. The second-order valence-corrected chi connectivity index (χ2v) is 5.82. The summed E-state index contributed by atoms with van der Waals surface area (Å²) in [5.74, 6) is 0.198. The number of fused-ring (bicyclic) bond motifs is 1. The van der Waals surface area contributed by atoms with Crippen molar-refractivity contribution in [3.8, 4) is 0 Å². The monoisotopic (exact) mass is 289 g/mol. The largest absolute Gasteiger partial charge is 0.361 e. The summed E-state index contributed by atoms with van der Waals surface area (Å²) in [6.45, 7) is 3.19. The van der Waals surface area contributed by atoms with E-state index in [-0.39, 0.29) is 11.7 Å². The molecular formula is C16H20FN3O. The number of likely N-dealkylation sites (tertiary alicyclic amines) is 1. The van der Waals surface area contributed by atoms with Crippen LogP contribution < -0.4 is 5.73 Å². The molecule has 2 aromatic rings. The van der Waals surface area contributed by atoms with Crippen LogP contribution in [-0.2, 0) is 4.79 Å². The van der Waals surface area contributed by atoms with Gasteiger partial charge in [0.25, 0.3) is 0 Å². The summed E-state index contributed by atoms with van der Waals surface area (Å²) >= 11 is 0. The average molecular weight is 289 g/mol. The Morgan fingerprint density at radius 1 is 1.43 bits per heavy atom. The molecule has 3 N–H and O–H groups in total. The molecule has 1 aliphatic heterocycles. The molecule has 0 spiro atoms. The molecule has 1 aliphatic rings. The quantitative estimate of drug-likeness (QED) is 0.891. The highest BCUT2D eigenvalue weighted by Crippen LogP contribution is 2.33. The van der Waals surface area contributed by atoms with Gasteiger partial charge < -0.3 is 15.6 Å². The van der Waals surface area contributed by atoms with Gasteiger partial charge >= 0.3 is 0 Å². The normalized spacial score (nSPS) is 18.1. The Bertz CT molecular complexity index is 657. The number of carbonyl (C=O) groups excluding carboxylic acids is 1. The first-order chi connectivity index (χ1) is 10.1. The zero-order valence-electron chi connectivity index (χ0n) is 12.1. The zero-order valence-corrected chi connectivity index (χ0v) is 12.1. The van der Waals surface area contributed by atoms with Crippen molar-refractivity contribution < 1.29 is 9.18 Å². The summed E-state index contributed by atoms with van der Waals surface area (Å²) in [6.07, 6.45) is 3.81. The highest BCUT2D eigenvalue weighted by molar-refractivity contribution is 5.84. The maximum Gasteiger partial charge on any atom is 0.239 e. The molecule has 1 aromatic heterocycles. The van der Waals surface area contributed by atoms with E-state index in [1.807, 2.05) is 17.2 Å². The first-order valence-electron chi connectivity index (χ1n) is 7.37. The highest BCUT2D eigenvalue weighted by atomic mass is 19.1. The Morgan fingerprint density at radius 2 is 2.14 bits per heavy atom. The summed E-state index contributed by atoms with van der Waals surface area (Å²) in [5.41, 5.74) is 7.71. The molecule has 1 unspecified atom stereocenters. The Labute approximate surface area is 123 Å². The molecule has 1 atom stereocenters. The van der Waals surface area contributed by atoms with Crippen molar-refractivity contribution in [1.29, 1.82) is 0 Å². The van der Waals surface area contributed by atoms with Crippen molar-refractivity contribution in [2.24, 2.45) is 5.73 Å². The van der Waals surface area contributed by atoms with Gasteiger partial charge in [-0.25, -0.2) is 4.39 Å². The molecule has 1 fully saturated rings. The van der Waals surface area contributed by atoms with Crippen molar-refractivity contribution >= 4 is 16.8 Å². The predicted molar refractivity (Wildman–Crippen MR) is 80.5 cm³/mol. The molecule has 0 aliphatic carbocycles. The zero-order chi connectivity index (χ0) is 15.0. The second kappa shape index (κ2) is 5.48. The number of piperidine rings is 1. The van der Waals surface area contributed by atoms with E-state index in [9.17, 15) is 9.18 Å². The molecule has 21 heavy (non-hydrogen) atoms. The number of hydrogen-bond donors (Lipinski definition) is 2. The van der Waals surface area contributed by atoms with E-state index in [1.54, 1.807) is 6.92 Å². The molecule has 2 heterocycles. The van der Waals surface area contributed by atoms with Gasteiger partial charge in [-0.2, -0.15) is 0 Å². The van der Waals surface area contributed by atoms with Gasteiger partial charge in [-0.15, -0.1) is 0 Å². The number of benzene rings is 1. The number of halogens is 1. The van der Waals surface area contributed by atoms with Crippen LogP contribution in [-0.4, -0.2) is 34.9 Å². The van der Waals surface area contributed by atoms with Crippen LogP contribution in [0.1, 0.15) is 31.2 Å². The molecule has 0 saturated carbocycles. The fraction of sp³-hybridized carbons (Fsp3) is 0.438. The number of hydrogen-bond acceptors (Lipinski definition) is 2. The Hall–Kier alpha value is -1.88. The number of H-pyrrole nitrogens is 1. The molecule has 0 bridgehead atoms. The van der Waals surface area contributed by atoms with Crippen LogP contribution in [0.5, 0.6) is 0 Å². The molecule has 1 amide bonds. The third kappa shape index (κ3) is 2.65. The standard InChI is InChI=1S/C16H20FN3O/c1-10(18)16(21)20-6-4-11(5-7-20)14-9-19-15-8-12(17)2-3-13(14)15/h2-3,8-11,19H,4-7,18H2,1H3. The number of aromatic amines is 1. The highest BCUT2D eigenvalue weighted by Gasteiger charge is 2.26. The van der Waals surface area contributed by atoms with E-state index < -0.39 is 6.04 Å². The van der Waals surface area contributed by atoms with Crippen molar-refractivity contribution in [2.75, 3.05) is 13.1 Å². The number of amides is 1. The molecule has 4 nitrogen and oxygen atoms in total. The van der Waals surface area contributed by atoms with Crippen molar-refractivity contribution in [3.05, 3.63) is 35.8 Å². The van der Waals surface area contributed by atoms with Gasteiger partial charge in [0.2, 0.25) is 5.91 Å². The number of nitrogens with zero attached hydrogens (tertiary/aromatic N) is 1. The average Bonchev–Trinajstić information content (AvgIpc) is 2.89. The summed E-state index contributed by atoms with van der Waals surface area (Å²) in [4.78, 5) is 16.9. The summed E-state index contributed by atoms with van der Waals surface area (Å²) in [7, 11) is 0. The molecule has 0 radical (unpaired) electrons. The molecule has 112 valence electrons. The lowest BCUT2D eigenvalue weighted by Crippen LogP contribution is -2.45. The van der Waals surface area contributed by atoms with E-state index in [0.717, 1.165) is 36.8 Å². The van der Waals surface area contributed by atoms with Crippen molar-refractivity contribution in [1.82, 2.24) is 9.88 Å². The molecule has 1 aromatic carbocycles. The van der Waals surface area contributed by atoms with Crippen molar-refractivity contribution in [2.45, 2.75) is 31.7 Å². The molecule has 5 heteroatoms. The molecule has 1 saturated heterocycles. The molecular weight excluding hydrogens is 269 g/mol. The van der Waals surface area contributed by atoms with Gasteiger partial charge in [0, 0.05) is 30.2 Å². The summed E-state index contributed by atoms with van der Waals surface area (Å²) in [5, 5.41) is 1.08. The van der Waals surface area contributed by atoms with Gasteiger partial charge in [0.15, 0.2) is 0 Å². The van der Waals surface area contributed by atoms with Crippen LogP contribution in [0.2, 0.25) is 0 Å². The third-order valence-electron chi connectivity index (χ3n) is 4.31. The van der Waals surface area contributed by atoms with Gasteiger partial charge in [0.05, 0.1) is 6.04 Å². The van der Waals surface area contributed by atoms with Gasteiger partial charge in [-0.3, -0.25) is 4.79 Å². The van der Waals surface area contributed by atoms with Crippen LogP contribution in [0.4, 0.5) is 4.39 Å². The fourth-order valence-electron chi connectivity index (χ4n) is 3.16. The topological polar surface area (TPSA) is 62.1 Å². The maximum absolute atomic E-state index is 13.2. The van der Waals surface area contributed by atoms with Crippen LogP contribution >= 0.6 is 0 Å². The third-order valence-corrected chi connectivity index (χ3v) is 4.31. The van der Waals surface area contributed by atoms with Gasteiger partial charge in [-0.1, -0.05) is 0 Å². The minimum atomic E-state index is -0.433. The second-order valence-electron chi connectivity index (χ2n) is 5.82. The van der Waals surface area contributed by atoms with Crippen LogP contribution in [0, 0.1) is 5.82 Å². The van der Waals surface area contributed by atoms with Gasteiger partial charge in [-0.05, 0) is 49.4 Å². The number of carbonyl (C=O) groups is 1. The Morgan fingerprint density at radius 3 is 2.81 bits per heavy atom. The number of nitrogens with one attached hydrogen (secondary N) is 1. The van der Waals surface area contributed by atoms with Crippen LogP contribution in [0.15, 0.2) is 24.4 Å². The summed E-state index contributed by atoms with van der Waals surface area (Å²) in [6, 6.07) is 4.41. The van der Waals surface area contributed by atoms with Crippen LogP contribution in [0.25, 0.3) is 10.9 Å². The first-order valence-corrected chi connectivity index (χ1v) is 7.37. The number of nitrogens with two attached hydrogens (primary N) is 1. The Balaban J connectivity index is 1.75.